The van der Waals surface area contributed by atoms with Crippen LogP contribution in [0, 0.1) is 0 Å². The van der Waals surface area contributed by atoms with Gasteiger partial charge in [0.2, 0.25) is 5.91 Å². The second kappa shape index (κ2) is 36.7. The summed E-state index contributed by atoms with van der Waals surface area (Å²) in [7, 11) is -4.44. The summed E-state index contributed by atoms with van der Waals surface area (Å²) in [6.07, 6.45) is 46.3. The SMILES string of the molecule is CC/C=C\C/C=C\C/C=C\C/C=C\CCCCC(=O)NCCOP(=O)(O)OCC(O)COC(=O)CCCC/C=C\C/C=C\C/C=C\C/C=C\CC. The second-order valence-electron chi connectivity index (χ2n) is 11.8. The Morgan fingerprint density at radius 2 is 1.04 bits per heavy atom. The van der Waals surface area contributed by atoms with Crippen LogP contribution in [-0.2, 0) is 27.9 Å². The van der Waals surface area contributed by atoms with Gasteiger partial charge in [0.05, 0.1) is 13.2 Å². The predicted octanol–water partition coefficient (Wildman–Crippen LogP) is 9.87. The van der Waals surface area contributed by atoms with Crippen LogP contribution in [0.5, 0.6) is 0 Å². The number of ether oxygens (including phenoxy) is 1. The van der Waals surface area contributed by atoms with E-state index in [0.29, 0.717) is 12.8 Å². The molecule has 0 saturated carbocycles. The second-order valence-corrected chi connectivity index (χ2v) is 13.2. The normalized spacial score (nSPS) is 14.5. The van der Waals surface area contributed by atoms with Gasteiger partial charge in [0.25, 0.3) is 0 Å². The van der Waals surface area contributed by atoms with Crippen molar-refractivity contribution >= 4 is 19.7 Å². The summed E-state index contributed by atoms with van der Waals surface area (Å²) in [4.78, 5) is 33.7. The molecule has 10 heteroatoms. The summed E-state index contributed by atoms with van der Waals surface area (Å²) in [6.45, 7) is 3.18. The number of allylic oxidation sites excluding steroid dienone is 16. The zero-order valence-electron chi connectivity index (χ0n) is 31.2. The topological polar surface area (TPSA) is 131 Å². The Kier molecular flexibility index (Phi) is 34.5. The van der Waals surface area contributed by atoms with Crippen LogP contribution in [0.25, 0.3) is 0 Å². The summed E-state index contributed by atoms with van der Waals surface area (Å²) < 4.78 is 26.7. The molecule has 0 bridgehead atoms. The number of esters is 1. The minimum absolute atomic E-state index is 0.0477. The Morgan fingerprint density at radius 1 is 0.608 bits per heavy atom. The van der Waals surface area contributed by atoms with Gasteiger partial charge in [-0.05, 0) is 89.9 Å². The summed E-state index contributed by atoms with van der Waals surface area (Å²) >= 11 is 0. The molecule has 51 heavy (non-hydrogen) atoms. The van der Waals surface area contributed by atoms with E-state index >= 15 is 0 Å². The van der Waals surface area contributed by atoms with Gasteiger partial charge in [-0.25, -0.2) is 4.57 Å². The molecule has 0 radical (unpaired) electrons. The van der Waals surface area contributed by atoms with Gasteiger partial charge in [-0.15, -0.1) is 0 Å². The van der Waals surface area contributed by atoms with Crippen molar-refractivity contribution in [1.29, 1.82) is 0 Å². The maximum absolute atomic E-state index is 12.0. The maximum atomic E-state index is 12.0. The van der Waals surface area contributed by atoms with E-state index in [9.17, 15) is 24.2 Å². The third kappa shape index (κ3) is 38.0. The summed E-state index contributed by atoms with van der Waals surface area (Å²) in [5.41, 5.74) is 0. The van der Waals surface area contributed by atoms with Crippen molar-refractivity contribution in [2.45, 2.75) is 123 Å². The largest absolute Gasteiger partial charge is 0.472 e. The lowest BCUT2D eigenvalue weighted by Gasteiger charge is -2.15. The number of unbranched alkanes of at least 4 members (excludes halogenated alkanes) is 4. The summed E-state index contributed by atoms with van der Waals surface area (Å²) in [5, 5.41) is 12.6. The van der Waals surface area contributed by atoms with Crippen molar-refractivity contribution in [3.63, 3.8) is 0 Å². The lowest BCUT2D eigenvalue weighted by molar-refractivity contribution is -0.147. The number of aliphatic hydroxyl groups is 1. The predicted molar refractivity (Wildman–Crippen MR) is 210 cm³/mol. The van der Waals surface area contributed by atoms with E-state index in [1.165, 1.54) is 0 Å². The highest BCUT2D eigenvalue weighted by molar-refractivity contribution is 7.47. The van der Waals surface area contributed by atoms with E-state index in [-0.39, 0.29) is 32.1 Å². The van der Waals surface area contributed by atoms with Crippen LogP contribution >= 0.6 is 7.82 Å². The van der Waals surface area contributed by atoms with Crippen LogP contribution in [0.1, 0.15) is 117 Å². The van der Waals surface area contributed by atoms with Gasteiger partial charge >= 0.3 is 13.8 Å². The highest BCUT2D eigenvalue weighted by atomic mass is 31.2. The molecule has 0 aromatic rings. The Balaban J connectivity index is 3.78. The smallest absolute Gasteiger partial charge is 0.463 e. The first kappa shape index (κ1) is 47.9. The molecule has 0 aliphatic rings. The first-order chi connectivity index (χ1) is 24.8. The van der Waals surface area contributed by atoms with Gasteiger partial charge in [0.1, 0.15) is 12.7 Å². The summed E-state index contributed by atoms with van der Waals surface area (Å²) in [5.74, 6) is -0.613. The average Bonchev–Trinajstić information content (AvgIpc) is 3.11. The number of phosphoric acid groups is 1. The van der Waals surface area contributed by atoms with Crippen molar-refractivity contribution < 1.29 is 37.9 Å². The Labute approximate surface area is 308 Å². The molecule has 0 rings (SSSR count). The number of carbonyl (C=O) groups excluding carboxylic acids is 2. The standard InChI is InChI=1S/C41H66NO8P/c1-3-5-7-9-11-13-15-17-19-21-23-25-27-29-31-33-40(44)42-35-36-49-51(46,47)50-38-39(43)37-48-41(45)34-32-30-28-26-24-22-20-18-16-14-12-10-8-6-4-2/h5-8,11-14,17-20,23-26,39,43H,3-4,9-10,15-16,21-22,27-38H2,1-2H3,(H,42,44)(H,46,47)/b7-5-,8-6-,13-11-,14-12-,19-17-,20-18-,25-23-,26-24-. The monoisotopic (exact) mass is 731 g/mol. The lowest BCUT2D eigenvalue weighted by Crippen LogP contribution is -2.27. The van der Waals surface area contributed by atoms with Crippen LogP contribution in [-0.4, -0.2) is 54.3 Å². The highest BCUT2D eigenvalue weighted by Gasteiger charge is 2.23. The van der Waals surface area contributed by atoms with Gasteiger partial charge < -0.3 is 20.1 Å². The molecule has 0 fully saturated rings. The molecule has 3 N–H and O–H groups in total. The van der Waals surface area contributed by atoms with Gasteiger partial charge in [-0.1, -0.05) is 111 Å². The van der Waals surface area contributed by atoms with E-state index in [0.717, 1.165) is 83.5 Å². The molecule has 0 heterocycles. The van der Waals surface area contributed by atoms with E-state index in [1.54, 1.807) is 0 Å². The van der Waals surface area contributed by atoms with E-state index in [4.69, 9.17) is 13.8 Å². The fourth-order valence-corrected chi connectivity index (χ4v) is 5.00. The molecular weight excluding hydrogens is 665 g/mol. The summed E-state index contributed by atoms with van der Waals surface area (Å²) in [6, 6.07) is 0. The van der Waals surface area contributed by atoms with E-state index in [1.807, 2.05) is 0 Å². The third-order valence-electron chi connectivity index (χ3n) is 7.01. The molecule has 0 aliphatic carbocycles. The van der Waals surface area contributed by atoms with Crippen molar-refractivity contribution in [1.82, 2.24) is 5.32 Å². The fraction of sp³-hybridized carbons (Fsp3) is 0.561. The zero-order valence-corrected chi connectivity index (χ0v) is 32.1. The van der Waals surface area contributed by atoms with Crippen molar-refractivity contribution in [3.05, 3.63) is 97.2 Å². The number of hydrogen-bond acceptors (Lipinski definition) is 7. The molecule has 2 atom stereocenters. The molecule has 9 nitrogen and oxygen atoms in total. The van der Waals surface area contributed by atoms with Crippen LogP contribution in [0.3, 0.4) is 0 Å². The molecule has 0 saturated heterocycles. The number of amides is 1. The van der Waals surface area contributed by atoms with E-state index in [2.05, 4.69) is 116 Å². The Hall–Kier alpha value is -3.07. The molecule has 2 unspecified atom stereocenters. The van der Waals surface area contributed by atoms with E-state index < -0.39 is 26.5 Å². The Bertz CT molecular complexity index is 1150. The van der Waals surface area contributed by atoms with Gasteiger partial charge in [0.15, 0.2) is 0 Å². The van der Waals surface area contributed by atoms with Crippen molar-refractivity contribution in [3.8, 4) is 0 Å². The van der Waals surface area contributed by atoms with Gasteiger partial charge in [-0.3, -0.25) is 18.6 Å². The molecule has 288 valence electrons. The maximum Gasteiger partial charge on any atom is 0.472 e. The molecule has 0 aromatic heterocycles. The quantitative estimate of drug-likeness (QED) is 0.0263. The molecule has 0 spiro atoms. The minimum Gasteiger partial charge on any atom is -0.463 e. The molecule has 1 amide bonds. The Morgan fingerprint density at radius 3 is 1.51 bits per heavy atom. The average molecular weight is 732 g/mol. The van der Waals surface area contributed by atoms with Crippen LogP contribution in [0.4, 0.5) is 0 Å². The number of rotatable bonds is 33. The highest BCUT2D eigenvalue weighted by Crippen LogP contribution is 2.42. The van der Waals surface area contributed by atoms with Crippen LogP contribution in [0.15, 0.2) is 97.2 Å². The molecule has 0 aromatic carbocycles. The first-order valence-corrected chi connectivity index (χ1v) is 20.2. The number of nitrogens with one attached hydrogen (secondary N) is 1. The van der Waals surface area contributed by atoms with Gasteiger partial charge in [0, 0.05) is 19.4 Å². The van der Waals surface area contributed by atoms with Crippen LogP contribution in [0.2, 0.25) is 0 Å². The minimum atomic E-state index is -4.44. The lowest BCUT2D eigenvalue weighted by atomic mass is 10.1. The first-order valence-electron chi connectivity index (χ1n) is 18.7. The number of hydrogen-bond donors (Lipinski definition) is 3. The van der Waals surface area contributed by atoms with Gasteiger partial charge in [-0.2, -0.15) is 0 Å². The fourth-order valence-electron chi connectivity index (χ4n) is 4.24. The zero-order chi connectivity index (χ0) is 37.5. The van der Waals surface area contributed by atoms with Crippen LogP contribution < -0.4 is 5.32 Å². The molecule has 0 aliphatic heterocycles. The number of phosphoric ester groups is 1. The number of aliphatic hydroxyl groups excluding tert-OH is 1. The third-order valence-corrected chi connectivity index (χ3v) is 7.99. The van der Waals surface area contributed by atoms with Crippen molar-refractivity contribution in [2.24, 2.45) is 0 Å². The van der Waals surface area contributed by atoms with Crippen molar-refractivity contribution in [2.75, 3.05) is 26.4 Å². The number of carbonyl (C=O) groups is 2. The molecular formula is C41H66NO8P.